The highest BCUT2D eigenvalue weighted by atomic mass is 16.1. The van der Waals surface area contributed by atoms with Crippen molar-refractivity contribution in [3.8, 4) is 0 Å². The predicted octanol–water partition coefficient (Wildman–Crippen LogP) is 3.40. The maximum absolute atomic E-state index is 12.5. The molecule has 0 aliphatic rings. The smallest absolute Gasteiger partial charge is 0.259 e. The van der Waals surface area contributed by atoms with Gasteiger partial charge >= 0.3 is 0 Å². The number of hydrogen-bond donors (Lipinski definition) is 2. The van der Waals surface area contributed by atoms with Gasteiger partial charge in [0.2, 0.25) is 0 Å². The second kappa shape index (κ2) is 5.90. The summed E-state index contributed by atoms with van der Waals surface area (Å²) in [5, 5.41) is 9.99. The van der Waals surface area contributed by atoms with Crippen LogP contribution in [0, 0.1) is 13.8 Å². The number of carbonyl (C=O) groups excluding carboxylic acids is 1. The quantitative estimate of drug-likeness (QED) is 0.895. The third-order valence-electron chi connectivity index (χ3n) is 3.59. The van der Waals surface area contributed by atoms with Crippen LogP contribution in [0.4, 0.5) is 5.69 Å². The molecular weight excluding hydrogens is 250 g/mol. The first-order valence-electron chi connectivity index (χ1n) is 7.02. The minimum Gasteiger partial charge on any atom is -0.321 e. The molecule has 0 spiro atoms. The lowest BCUT2D eigenvalue weighted by Gasteiger charge is -2.14. The Balaban J connectivity index is 2.37. The molecule has 4 heteroatoms. The molecule has 20 heavy (non-hydrogen) atoms. The molecule has 0 fully saturated rings. The van der Waals surface area contributed by atoms with Gasteiger partial charge in [-0.25, -0.2) is 0 Å². The van der Waals surface area contributed by atoms with Crippen molar-refractivity contribution < 1.29 is 4.79 Å². The third kappa shape index (κ3) is 2.59. The summed E-state index contributed by atoms with van der Waals surface area (Å²) in [6.07, 6.45) is 1.79. The van der Waals surface area contributed by atoms with Crippen LogP contribution in [0.1, 0.15) is 46.7 Å². The first kappa shape index (κ1) is 14.3. The molecule has 0 unspecified atom stereocenters. The first-order chi connectivity index (χ1) is 9.58. The molecule has 1 aromatic carbocycles. The average Bonchev–Trinajstić information content (AvgIpc) is 2.78. The number of aryl methyl sites for hydroxylation is 4. The number of nitrogens with one attached hydrogen (secondary N) is 2. The van der Waals surface area contributed by atoms with E-state index in [0.717, 1.165) is 41.0 Å². The van der Waals surface area contributed by atoms with Crippen molar-refractivity contribution in [3.05, 3.63) is 46.3 Å². The second-order valence-corrected chi connectivity index (χ2v) is 4.92. The van der Waals surface area contributed by atoms with E-state index in [9.17, 15) is 4.79 Å². The maximum Gasteiger partial charge on any atom is 0.259 e. The molecule has 1 aromatic heterocycles. The molecule has 0 aliphatic heterocycles. The number of carbonyl (C=O) groups is 1. The molecular formula is C16H21N3O. The van der Waals surface area contributed by atoms with Gasteiger partial charge in [-0.15, -0.1) is 0 Å². The fourth-order valence-corrected chi connectivity index (χ4v) is 2.46. The zero-order chi connectivity index (χ0) is 14.7. The number of nitrogens with zero attached hydrogens (tertiary/aromatic N) is 1. The van der Waals surface area contributed by atoms with Gasteiger partial charge in [-0.1, -0.05) is 32.0 Å². The Labute approximate surface area is 119 Å². The van der Waals surface area contributed by atoms with E-state index in [2.05, 4.69) is 41.5 Å². The van der Waals surface area contributed by atoms with E-state index in [1.54, 1.807) is 0 Å². The molecule has 0 aliphatic carbocycles. The van der Waals surface area contributed by atoms with Crippen LogP contribution in [-0.2, 0) is 12.8 Å². The van der Waals surface area contributed by atoms with Crippen LogP contribution in [0.25, 0.3) is 0 Å². The number of amides is 1. The Hall–Kier alpha value is -2.10. The molecule has 1 heterocycles. The SMILES string of the molecule is CCc1cccc(CC)c1NC(=O)c1c(C)n[nH]c1C. The van der Waals surface area contributed by atoms with Crippen LogP contribution in [0.3, 0.4) is 0 Å². The van der Waals surface area contributed by atoms with Gasteiger partial charge < -0.3 is 5.32 Å². The van der Waals surface area contributed by atoms with Gasteiger partial charge in [0.25, 0.3) is 5.91 Å². The van der Waals surface area contributed by atoms with E-state index in [-0.39, 0.29) is 5.91 Å². The van der Waals surface area contributed by atoms with E-state index in [1.165, 1.54) is 0 Å². The summed E-state index contributed by atoms with van der Waals surface area (Å²) in [6, 6.07) is 6.16. The van der Waals surface area contributed by atoms with Gasteiger partial charge in [-0.05, 0) is 37.8 Å². The largest absolute Gasteiger partial charge is 0.321 e. The summed E-state index contributed by atoms with van der Waals surface area (Å²) in [6.45, 7) is 7.89. The highest BCUT2D eigenvalue weighted by Crippen LogP contribution is 2.24. The van der Waals surface area contributed by atoms with Gasteiger partial charge in [0.05, 0.1) is 11.3 Å². The molecule has 0 saturated heterocycles. The zero-order valence-electron chi connectivity index (χ0n) is 12.5. The lowest BCUT2D eigenvalue weighted by atomic mass is 10.0. The predicted molar refractivity (Wildman–Crippen MR) is 81.2 cm³/mol. The van der Waals surface area contributed by atoms with Crippen molar-refractivity contribution in [1.29, 1.82) is 0 Å². The molecule has 4 nitrogen and oxygen atoms in total. The van der Waals surface area contributed by atoms with Gasteiger partial charge in [0.1, 0.15) is 0 Å². The van der Waals surface area contributed by atoms with E-state index >= 15 is 0 Å². The Morgan fingerprint density at radius 2 is 1.80 bits per heavy atom. The molecule has 0 saturated carbocycles. The van der Waals surface area contributed by atoms with Gasteiger partial charge in [-0.3, -0.25) is 9.89 Å². The lowest BCUT2D eigenvalue weighted by molar-refractivity contribution is 0.102. The molecule has 106 valence electrons. The Morgan fingerprint density at radius 3 is 2.25 bits per heavy atom. The standard InChI is InChI=1S/C16H21N3O/c1-5-12-8-7-9-13(6-2)15(12)17-16(20)14-10(3)18-19-11(14)4/h7-9H,5-6H2,1-4H3,(H,17,20)(H,18,19). The molecule has 0 radical (unpaired) electrons. The fourth-order valence-electron chi connectivity index (χ4n) is 2.46. The van der Waals surface area contributed by atoms with E-state index < -0.39 is 0 Å². The molecule has 2 N–H and O–H groups in total. The van der Waals surface area contributed by atoms with Crippen LogP contribution in [0.5, 0.6) is 0 Å². The molecule has 0 atom stereocenters. The number of anilines is 1. The van der Waals surface area contributed by atoms with Crippen LogP contribution in [-0.4, -0.2) is 16.1 Å². The van der Waals surface area contributed by atoms with Crippen molar-refractivity contribution in [2.24, 2.45) is 0 Å². The van der Waals surface area contributed by atoms with Gasteiger partial charge in [0, 0.05) is 11.4 Å². The van der Waals surface area contributed by atoms with Gasteiger partial charge in [-0.2, -0.15) is 5.10 Å². The van der Waals surface area contributed by atoms with Crippen molar-refractivity contribution in [2.45, 2.75) is 40.5 Å². The lowest BCUT2D eigenvalue weighted by Crippen LogP contribution is -2.16. The number of benzene rings is 1. The Bertz CT molecular complexity index is 587. The Kier molecular flexibility index (Phi) is 4.23. The number of aromatic nitrogens is 2. The number of para-hydroxylation sites is 1. The van der Waals surface area contributed by atoms with Crippen LogP contribution in [0.15, 0.2) is 18.2 Å². The van der Waals surface area contributed by atoms with Crippen molar-refractivity contribution in [2.75, 3.05) is 5.32 Å². The van der Waals surface area contributed by atoms with E-state index in [0.29, 0.717) is 5.56 Å². The number of rotatable bonds is 4. The highest BCUT2D eigenvalue weighted by molar-refractivity contribution is 6.06. The number of H-pyrrole nitrogens is 1. The summed E-state index contributed by atoms with van der Waals surface area (Å²) in [5.41, 5.74) is 5.44. The molecule has 2 rings (SSSR count). The van der Waals surface area contributed by atoms with Crippen molar-refractivity contribution in [1.82, 2.24) is 10.2 Å². The van der Waals surface area contributed by atoms with Crippen LogP contribution >= 0.6 is 0 Å². The molecule has 2 aromatic rings. The Morgan fingerprint density at radius 1 is 1.20 bits per heavy atom. The highest BCUT2D eigenvalue weighted by Gasteiger charge is 2.17. The zero-order valence-corrected chi connectivity index (χ0v) is 12.5. The summed E-state index contributed by atoms with van der Waals surface area (Å²) in [4.78, 5) is 12.5. The normalized spacial score (nSPS) is 10.6. The summed E-state index contributed by atoms with van der Waals surface area (Å²) >= 11 is 0. The maximum atomic E-state index is 12.5. The van der Waals surface area contributed by atoms with Crippen molar-refractivity contribution in [3.63, 3.8) is 0 Å². The van der Waals surface area contributed by atoms with E-state index in [4.69, 9.17) is 0 Å². The van der Waals surface area contributed by atoms with Crippen LogP contribution < -0.4 is 5.32 Å². The van der Waals surface area contributed by atoms with Gasteiger partial charge in [0.15, 0.2) is 0 Å². The summed E-state index contributed by atoms with van der Waals surface area (Å²) in [7, 11) is 0. The monoisotopic (exact) mass is 271 g/mol. The summed E-state index contributed by atoms with van der Waals surface area (Å²) < 4.78 is 0. The first-order valence-corrected chi connectivity index (χ1v) is 7.02. The van der Waals surface area contributed by atoms with Crippen LogP contribution in [0.2, 0.25) is 0 Å². The summed E-state index contributed by atoms with van der Waals surface area (Å²) in [5.74, 6) is -0.0932. The number of aromatic amines is 1. The fraction of sp³-hybridized carbons (Fsp3) is 0.375. The molecule has 0 bridgehead atoms. The minimum absolute atomic E-state index is 0.0932. The average molecular weight is 271 g/mol. The van der Waals surface area contributed by atoms with E-state index in [1.807, 2.05) is 19.9 Å². The second-order valence-electron chi connectivity index (χ2n) is 4.92. The third-order valence-corrected chi connectivity index (χ3v) is 3.59. The number of hydrogen-bond acceptors (Lipinski definition) is 2. The topological polar surface area (TPSA) is 57.8 Å². The molecule has 1 amide bonds. The minimum atomic E-state index is -0.0932. The van der Waals surface area contributed by atoms with Crippen molar-refractivity contribution >= 4 is 11.6 Å².